The van der Waals surface area contributed by atoms with E-state index in [4.69, 9.17) is 9.47 Å². The van der Waals surface area contributed by atoms with Gasteiger partial charge in [-0.2, -0.15) is 0 Å². The predicted octanol–water partition coefficient (Wildman–Crippen LogP) is 4.95. The molecule has 0 saturated heterocycles. The van der Waals surface area contributed by atoms with E-state index in [-0.39, 0.29) is 24.4 Å². The summed E-state index contributed by atoms with van der Waals surface area (Å²) >= 11 is 1.69. The molecule has 1 aromatic heterocycles. The Kier molecular flexibility index (Phi) is 8.02. The maximum atomic E-state index is 13.5. The minimum Gasteiger partial charge on any atom is -0.497 e. The third-order valence-electron chi connectivity index (χ3n) is 6.06. The Morgan fingerprint density at radius 2 is 1.91 bits per heavy atom. The first-order chi connectivity index (χ1) is 17.0. The molecular formula is C27H29FN2O4S. The standard InChI is InChI=1S/C27H29FN2O4S/c1-3-13-29(27(32)19-7-9-20(28)10-8-19)17-26(31)30-14-11-25-23(12-15-35-25)24(30)18-34-22-6-4-5-21(16-22)33-2/h4-10,12,15-16,24H,3,11,13-14,17-18H2,1-2H3. The highest BCUT2D eigenvalue weighted by atomic mass is 32.1. The zero-order valence-electron chi connectivity index (χ0n) is 19.9. The van der Waals surface area contributed by atoms with Crippen molar-refractivity contribution >= 4 is 23.2 Å². The van der Waals surface area contributed by atoms with Crippen LogP contribution in [0, 0.1) is 5.82 Å². The first-order valence-electron chi connectivity index (χ1n) is 11.7. The number of fused-ring (bicyclic) bond motifs is 1. The highest BCUT2D eigenvalue weighted by Crippen LogP contribution is 2.34. The molecule has 1 unspecified atom stereocenters. The molecular weight excluding hydrogens is 467 g/mol. The van der Waals surface area contributed by atoms with Crippen molar-refractivity contribution in [1.82, 2.24) is 9.80 Å². The number of carbonyl (C=O) groups excluding carboxylic acids is 2. The summed E-state index contributed by atoms with van der Waals surface area (Å²) in [4.78, 5) is 31.2. The molecule has 6 nitrogen and oxygen atoms in total. The number of ether oxygens (including phenoxy) is 2. The first kappa shape index (κ1) is 24.7. The van der Waals surface area contributed by atoms with Crippen LogP contribution in [0.15, 0.2) is 60.0 Å². The highest BCUT2D eigenvalue weighted by molar-refractivity contribution is 7.10. The quantitative estimate of drug-likeness (QED) is 0.421. The van der Waals surface area contributed by atoms with Crippen molar-refractivity contribution in [3.05, 3.63) is 81.8 Å². The van der Waals surface area contributed by atoms with Gasteiger partial charge in [-0.05, 0) is 66.2 Å². The number of carbonyl (C=O) groups is 2. The number of hydrogen-bond acceptors (Lipinski definition) is 5. The van der Waals surface area contributed by atoms with Crippen LogP contribution < -0.4 is 9.47 Å². The van der Waals surface area contributed by atoms with Crippen LogP contribution in [0.2, 0.25) is 0 Å². The monoisotopic (exact) mass is 496 g/mol. The largest absolute Gasteiger partial charge is 0.497 e. The molecule has 3 aromatic rings. The maximum Gasteiger partial charge on any atom is 0.254 e. The van der Waals surface area contributed by atoms with E-state index in [0.717, 1.165) is 12.0 Å². The van der Waals surface area contributed by atoms with Gasteiger partial charge in [0, 0.05) is 29.6 Å². The molecule has 0 saturated carbocycles. The van der Waals surface area contributed by atoms with Crippen molar-refractivity contribution in [3.63, 3.8) is 0 Å². The summed E-state index contributed by atoms with van der Waals surface area (Å²) in [6.07, 6.45) is 1.48. The summed E-state index contributed by atoms with van der Waals surface area (Å²) in [7, 11) is 1.60. The molecule has 0 aliphatic carbocycles. The van der Waals surface area contributed by atoms with E-state index in [1.54, 1.807) is 23.3 Å². The van der Waals surface area contributed by atoms with Crippen LogP contribution >= 0.6 is 11.3 Å². The van der Waals surface area contributed by atoms with Crippen molar-refractivity contribution in [2.24, 2.45) is 0 Å². The number of halogens is 1. The molecule has 0 bridgehead atoms. The van der Waals surface area contributed by atoms with Crippen LogP contribution in [0.1, 0.15) is 40.2 Å². The van der Waals surface area contributed by atoms with Crippen LogP contribution in [0.3, 0.4) is 0 Å². The van der Waals surface area contributed by atoms with E-state index < -0.39 is 5.82 Å². The van der Waals surface area contributed by atoms with Gasteiger partial charge in [-0.15, -0.1) is 11.3 Å². The smallest absolute Gasteiger partial charge is 0.254 e. The molecule has 184 valence electrons. The number of nitrogens with zero attached hydrogens (tertiary/aromatic N) is 2. The average Bonchev–Trinajstić information content (AvgIpc) is 3.36. The molecule has 2 heterocycles. The van der Waals surface area contributed by atoms with Crippen molar-refractivity contribution in [2.45, 2.75) is 25.8 Å². The summed E-state index contributed by atoms with van der Waals surface area (Å²) in [6.45, 7) is 3.20. The van der Waals surface area contributed by atoms with E-state index >= 15 is 0 Å². The topological polar surface area (TPSA) is 59.1 Å². The molecule has 0 fully saturated rings. The van der Waals surface area contributed by atoms with Gasteiger partial charge in [0.15, 0.2) is 0 Å². The average molecular weight is 497 g/mol. The third-order valence-corrected chi connectivity index (χ3v) is 7.06. The second-order valence-electron chi connectivity index (χ2n) is 8.38. The van der Waals surface area contributed by atoms with Crippen LogP contribution in [0.5, 0.6) is 11.5 Å². The zero-order chi connectivity index (χ0) is 24.8. The number of rotatable bonds is 9. The minimum atomic E-state index is -0.404. The fourth-order valence-corrected chi connectivity index (χ4v) is 5.22. The van der Waals surface area contributed by atoms with E-state index in [9.17, 15) is 14.0 Å². The van der Waals surface area contributed by atoms with Crippen molar-refractivity contribution in [2.75, 3.05) is 33.4 Å². The third kappa shape index (κ3) is 5.82. The second kappa shape index (κ2) is 11.4. The number of methoxy groups -OCH3 is 1. The Morgan fingerprint density at radius 3 is 2.66 bits per heavy atom. The van der Waals surface area contributed by atoms with Crippen LogP contribution in [-0.2, 0) is 11.2 Å². The molecule has 1 aliphatic rings. The summed E-state index contributed by atoms with van der Waals surface area (Å²) in [6, 6.07) is 14.6. The Balaban J connectivity index is 1.51. The van der Waals surface area contributed by atoms with Crippen molar-refractivity contribution < 1.29 is 23.5 Å². The molecule has 1 atom stereocenters. The lowest BCUT2D eigenvalue weighted by Crippen LogP contribution is -2.48. The molecule has 1 aliphatic heterocycles. The van der Waals surface area contributed by atoms with Gasteiger partial charge < -0.3 is 19.3 Å². The van der Waals surface area contributed by atoms with E-state index in [0.29, 0.717) is 43.2 Å². The molecule has 35 heavy (non-hydrogen) atoms. The lowest BCUT2D eigenvalue weighted by molar-refractivity contribution is -0.135. The number of thiophene rings is 1. The van der Waals surface area contributed by atoms with Gasteiger partial charge in [0.05, 0.1) is 13.2 Å². The second-order valence-corrected chi connectivity index (χ2v) is 9.38. The van der Waals surface area contributed by atoms with Crippen LogP contribution in [0.4, 0.5) is 4.39 Å². The number of amides is 2. The molecule has 0 radical (unpaired) electrons. The molecule has 2 amide bonds. The molecule has 2 aromatic carbocycles. The van der Waals surface area contributed by atoms with Gasteiger partial charge in [-0.1, -0.05) is 13.0 Å². The van der Waals surface area contributed by atoms with Gasteiger partial charge in [0.25, 0.3) is 5.91 Å². The van der Waals surface area contributed by atoms with E-state index in [1.807, 2.05) is 47.5 Å². The van der Waals surface area contributed by atoms with Crippen LogP contribution in [0.25, 0.3) is 0 Å². The van der Waals surface area contributed by atoms with Crippen molar-refractivity contribution in [3.8, 4) is 11.5 Å². The highest BCUT2D eigenvalue weighted by Gasteiger charge is 2.33. The Morgan fingerprint density at radius 1 is 1.14 bits per heavy atom. The van der Waals surface area contributed by atoms with Gasteiger partial charge >= 0.3 is 0 Å². The van der Waals surface area contributed by atoms with Gasteiger partial charge in [-0.3, -0.25) is 9.59 Å². The first-order valence-corrected chi connectivity index (χ1v) is 12.6. The molecule has 8 heteroatoms. The Labute approximate surface area is 208 Å². The van der Waals surface area contributed by atoms with Gasteiger partial charge in [-0.25, -0.2) is 4.39 Å². The van der Waals surface area contributed by atoms with Gasteiger partial charge in [0.1, 0.15) is 30.5 Å². The molecule has 0 N–H and O–H groups in total. The summed E-state index contributed by atoms with van der Waals surface area (Å²) in [5, 5.41) is 2.04. The summed E-state index contributed by atoms with van der Waals surface area (Å²) in [5.41, 5.74) is 1.45. The van der Waals surface area contributed by atoms with E-state index in [1.165, 1.54) is 29.1 Å². The zero-order valence-corrected chi connectivity index (χ0v) is 20.7. The minimum absolute atomic E-state index is 0.0425. The SMILES string of the molecule is CCCN(CC(=O)N1CCc2sccc2C1COc1cccc(OC)c1)C(=O)c1ccc(F)cc1. The summed E-state index contributed by atoms with van der Waals surface area (Å²) in [5.74, 6) is 0.545. The van der Waals surface area contributed by atoms with Crippen molar-refractivity contribution in [1.29, 1.82) is 0 Å². The lowest BCUT2D eigenvalue weighted by atomic mass is 10.0. The molecule has 4 rings (SSSR count). The summed E-state index contributed by atoms with van der Waals surface area (Å²) < 4.78 is 24.7. The number of hydrogen-bond donors (Lipinski definition) is 0. The number of benzene rings is 2. The predicted molar refractivity (Wildman–Crippen MR) is 134 cm³/mol. The Bertz CT molecular complexity index is 1160. The maximum absolute atomic E-state index is 13.5. The normalized spacial score (nSPS) is 14.8. The fourth-order valence-electron chi connectivity index (χ4n) is 4.29. The fraction of sp³-hybridized carbons (Fsp3) is 0.333. The van der Waals surface area contributed by atoms with E-state index in [2.05, 4.69) is 0 Å². The molecule has 0 spiro atoms. The van der Waals surface area contributed by atoms with Crippen LogP contribution in [-0.4, -0.2) is 55.0 Å². The lowest BCUT2D eigenvalue weighted by Gasteiger charge is -2.37. The van der Waals surface area contributed by atoms with Gasteiger partial charge in [0.2, 0.25) is 5.91 Å². The Hall–Kier alpha value is -3.39.